The lowest BCUT2D eigenvalue weighted by Gasteiger charge is -2.14. The van der Waals surface area contributed by atoms with Crippen molar-refractivity contribution in [2.24, 2.45) is 5.41 Å². The van der Waals surface area contributed by atoms with E-state index < -0.39 is 20.8 Å². The molecule has 1 aromatic rings. The van der Waals surface area contributed by atoms with Gasteiger partial charge >= 0.3 is 0 Å². The molecule has 0 heterocycles. The van der Waals surface area contributed by atoms with Crippen LogP contribution in [-0.4, -0.2) is 20.9 Å². The first-order valence-corrected chi connectivity index (χ1v) is 9.02. The maximum Gasteiger partial charge on any atom is 0.261 e. The van der Waals surface area contributed by atoms with E-state index in [4.69, 9.17) is 10.7 Å². The smallest absolute Gasteiger partial charge is 0.261 e. The second-order valence-corrected chi connectivity index (χ2v) is 8.11. The number of nitrogens with one attached hydrogen (secondary N) is 1. The van der Waals surface area contributed by atoms with Crippen LogP contribution in [0.25, 0.3) is 0 Å². The third-order valence-corrected chi connectivity index (χ3v) is 5.57. The number of hydrogen-bond acceptors (Lipinski definition) is 3. The molecule has 1 fully saturated rings. The molecule has 4 nitrogen and oxygen atoms in total. The predicted molar refractivity (Wildman–Crippen MR) is 78.5 cm³/mol. The number of halogens is 2. The minimum Gasteiger partial charge on any atom is -0.351 e. The highest BCUT2D eigenvalue weighted by Crippen LogP contribution is 2.47. The van der Waals surface area contributed by atoms with E-state index in [-0.39, 0.29) is 21.4 Å². The summed E-state index contributed by atoms with van der Waals surface area (Å²) in [5, 5.41) is 2.67. The molecule has 1 aromatic carbocycles. The van der Waals surface area contributed by atoms with Crippen LogP contribution in [0.2, 0.25) is 0 Å². The third kappa shape index (κ3) is 3.55. The van der Waals surface area contributed by atoms with Crippen LogP contribution in [0.1, 0.15) is 42.1 Å². The Morgan fingerprint density at radius 2 is 2.05 bits per heavy atom. The SMILES string of the molecule is CCC1(CNC(=O)c2cc(S(=O)(=O)Cl)c(C)cc2F)CC1. The van der Waals surface area contributed by atoms with Gasteiger partial charge in [0.2, 0.25) is 0 Å². The third-order valence-electron chi connectivity index (χ3n) is 4.10. The van der Waals surface area contributed by atoms with Crippen molar-refractivity contribution < 1.29 is 17.6 Å². The maximum atomic E-state index is 13.9. The Bertz CT molecular complexity index is 684. The van der Waals surface area contributed by atoms with Gasteiger partial charge in [-0.15, -0.1) is 0 Å². The number of rotatable bonds is 5. The van der Waals surface area contributed by atoms with Crippen LogP contribution in [0.3, 0.4) is 0 Å². The second kappa shape index (κ2) is 5.57. The molecule has 0 aliphatic heterocycles. The van der Waals surface area contributed by atoms with Crippen LogP contribution in [0.5, 0.6) is 0 Å². The van der Waals surface area contributed by atoms with Gasteiger partial charge in [-0.05, 0) is 49.3 Å². The summed E-state index contributed by atoms with van der Waals surface area (Å²) in [4.78, 5) is 11.8. The molecule has 0 radical (unpaired) electrons. The molecular formula is C14H17ClFNO3S. The van der Waals surface area contributed by atoms with E-state index in [0.717, 1.165) is 31.4 Å². The van der Waals surface area contributed by atoms with Crippen molar-refractivity contribution in [3.05, 3.63) is 29.1 Å². The molecule has 1 saturated carbocycles. The van der Waals surface area contributed by atoms with Crippen molar-refractivity contribution in [1.82, 2.24) is 5.32 Å². The molecule has 1 aliphatic rings. The molecule has 0 saturated heterocycles. The van der Waals surface area contributed by atoms with E-state index in [1.807, 2.05) is 6.92 Å². The summed E-state index contributed by atoms with van der Waals surface area (Å²) in [5.74, 6) is -1.37. The number of amides is 1. The molecule has 0 atom stereocenters. The monoisotopic (exact) mass is 333 g/mol. The molecule has 1 aliphatic carbocycles. The second-order valence-electron chi connectivity index (χ2n) is 5.57. The molecule has 116 valence electrons. The van der Waals surface area contributed by atoms with E-state index in [0.29, 0.717) is 6.54 Å². The highest BCUT2D eigenvalue weighted by atomic mass is 35.7. The summed E-state index contributed by atoms with van der Waals surface area (Å²) in [6.45, 7) is 3.94. The maximum absolute atomic E-state index is 13.9. The summed E-state index contributed by atoms with van der Waals surface area (Å²) >= 11 is 0. The number of benzene rings is 1. The van der Waals surface area contributed by atoms with E-state index in [1.54, 1.807) is 0 Å². The largest absolute Gasteiger partial charge is 0.351 e. The number of carbonyl (C=O) groups is 1. The number of aryl methyl sites for hydroxylation is 1. The first kappa shape index (κ1) is 16.2. The Kier molecular flexibility index (Phi) is 4.31. The summed E-state index contributed by atoms with van der Waals surface area (Å²) in [7, 11) is 1.28. The average Bonchev–Trinajstić information content (AvgIpc) is 3.15. The Labute approximate surface area is 128 Å². The van der Waals surface area contributed by atoms with Gasteiger partial charge < -0.3 is 5.32 Å². The molecule has 0 aromatic heterocycles. The molecule has 0 bridgehead atoms. The van der Waals surface area contributed by atoms with Crippen LogP contribution < -0.4 is 5.32 Å². The molecule has 1 N–H and O–H groups in total. The van der Waals surface area contributed by atoms with Gasteiger partial charge in [-0.25, -0.2) is 12.8 Å². The van der Waals surface area contributed by atoms with Crippen molar-refractivity contribution in [2.75, 3.05) is 6.54 Å². The minimum absolute atomic E-state index is 0.123. The van der Waals surface area contributed by atoms with Crippen LogP contribution in [0, 0.1) is 18.2 Å². The summed E-state index contributed by atoms with van der Waals surface area (Å²) in [5.41, 5.74) is -0.00361. The van der Waals surface area contributed by atoms with Crippen molar-refractivity contribution in [2.45, 2.75) is 38.0 Å². The average molecular weight is 334 g/mol. The van der Waals surface area contributed by atoms with Gasteiger partial charge in [0.15, 0.2) is 0 Å². The summed E-state index contributed by atoms with van der Waals surface area (Å²) < 4.78 is 36.7. The zero-order valence-electron chi connectivity index (χ0n) is 11.9. The lowest BCUT2D eigenvalue weighted by molar-refractivity contribution is 0.0940. The Morgan fingerprint density at radius 1 is 1.43 bits per heavy atom. The molecular weight excluding hydrogens is 317 g/mol. The summed E-state index contributed by atoms with van der Waals surface area (Å²) in [6, 6.07) is 2.00. The standard InChI is InChI=1S/C14H17ClFNO3S/c1-3-14(4-5-14)8-17-13(18)10-7-12(21(15,19)20)9(2)6-11(10)16/h6-7H,3-5,8H2,1-2H3,(H,17,18). The fraction of sp³-hybridized carbons (Fsp3) is 0.500. The van der Waals surface area contributed by atoms with Crippen LogP contribution >= 0.6 is 10.7 Å². The van der Waals surface area contributed by atoms with E-state index in [1.165, 1.54) is 6.92 Å². The molecule has 2 rings (SSSR count). The molecule has 0 unspecified atom stereocenters. The van der Waals surface area contributed by atoms with E-state index in [2.05, 4.69) is 5.32 Å². The number of carbonyl (C=O) groups excluding carboxylic acids is 1. The fourth-order valence-corrected chi connectivity index (χ4v) is 3.49. The van der Waals surface area contributed by atoms with Gasteiger partial charge in [-0.2, -0.15) is 0 Å². The van der Waals surface area contributed by atoms with E-state index >= 15 is 0 Å². The number of hydrogen-bond donors (Lipinski definition) is 1. The van der Waals surface area contributed by atoms with Crippen LogP contribution in [0.4, 0.5) is 4.39 Å². The first-order valence-electron chi connectivity index (χ1n) is 6.71. The Morgan fingerprint density at radius 3 is 2.52 bits per heavy atom. The minimum atomic E-state index is -4.02. The fourth-order valence-electron chi connectivity index (χ4n) is 2.28. The van der Waals surface area contributed by atoms with Gasteiger partial charge in [0.25, 0.3) is 15.0 Å². The van der Waals surface area contributed by atoms with Crippen molar-refractivity contribution in [3.63, 3.8) is 0 Å². The molecule has 7 heteroatoms. The van der Waals surface area contributed by atoms with Crippen molar-refractivity contribution in [3.8, 4) is 0 Å². The topological polar surface area (TPSA) is 63.2 Å². The molecule has 0 spiro atoms. The molecule has 1 amide bonds. The Balaban J connectivity index is 2.24. The lowest BCUT2D eigenvalue weighted by Crippen LogP contribution is -2.30. The highest BCUT2D eigenvalue weighted by molar-refractivity contribution is 8.13. The quantitative estimate of drug-likeness (QED) is 0.842. The normalized spacial score (nSPS) is 16.6. The van der Waals surface area contributed by atoms with Gasteiger partial charge in [0.05, 0.1) is 10.5 Å². The van der Waals surface area contributed by atoms with Crippen LogP contribution in [-0.2, 0) is 9.05 Å². The predicted octanol–water partition coefficient (Wildman–Crippen LogP) is 2.98. The summed E-state index contributed by atoms with van der Waals surface area (Å²) in [6.07, 6.45) is 3.04. The van der Waals surface area contributed by atoms with E-state index in [9.17, 15) is 17.6 Å². The molecule has 21 heavy (non-hydrogen) atoms. The zero-order valence-corrected chi connectivity index (χ0v) is 13.4. The van der Waals surface area contributed by atoms with Gasteiger partial charge in [0, 0.05) is 17.2 Å². The Hall–Kier alpha value is -1.14. The lowest BCUT2D eigenvalue weighted by atomic mass is 10.0. The van der Waals surface area contributed by atoms with Crippen molar-refractivity contribution in [1.29, 1.82) is 0 Å². The van der Waals surface area contributed by atoms with Gasteiger partial charge in [0.1, 0.15) is 5.82 Å². The van der Waals surface area contributed by atoms with Crippen molar-refractivity contribution >= 4 is 25.6 Å². The van der Waals surface area contributed by atoms with Crippen LogP contribution in [0.15, 0.2) is 17.0 Å². The van der Waals surface area contributed by atoms with Gasteiger partial charge in [-0.3, -0.25) is 4.79 Å². The zero-order chi connectivity index (χ0) is 15.8. The first-order chi connectivity index (χ1) is 9.68. The van der Waals surface area contributed by atoms with Gasteiger partial charge in [-0.1, -0.05) is 6.92 Å². The highest BCUT2D eigenvalue weighted by Gasteiger charge is 2.40.